The van der Waals surface area contributed by atoms with Crippen LogP contribution in [0, 0.1) is 5.92 Å². The lowest BCUT2D eigenvalue weighted by atomic mass is 9.86. The maximum absolute atomic E-state index is 12.8. The minimum absolute atomic E-state index is 0.268. The van der Waals surface area contributed by atoms with E-state index >= 15 is 0 Å². The monoisotopic (exact) mass is 341 g/mol. The van der Waals surface area contributed by atoms with Crippen molar-refractivity contribution in [2.45, 2.75) is 57.3 Å². The Morgan fingerprint density at radius 3 is 2.76 bits per heavy atom. The third-order valence-corrected chi connectivity index (χ3v) is 5.83. The van der Waals surface area contributed by atoms with Crippen molar-refractivity contribution in [1.29, 1.82) is 0 Å². The number of hydrogen-bond donors (Lipinski definition) is 0. The van der Waals surface area contributed by atoms with Gasteiger partial charge in [0.15, 0.2) is 5.65 Å². The molecule has 1 aliphatic carbocycles. The molecule has 2 aromatic rings. The first-order valence-electron chi connectivity index (χ1n) is 9.64. The van der Waals surface area contributed by atoms with Crippen LogP contribution in [0.15, 0.2) is 12.4 Å². The van der Waals surface area contributed by atoms with Gasteiger partial charge in [-0.2, -0.15) is 5.10 Å². The molecular formula is C19H27N5O. The number of carbonyl (C=O) groups excluding carboxylic acids is 1. The molecule has 1 atom stereocenters. The molecule has 0 radical (unpaired) electrons. The summed E-state index contributed by atoms with van der Waals surface area (Å²) in [6.45, 7) is 1.66. The zero-order valence-corrected chi connectivity index (χ0v) is 15.0. The summed E-state index contributed by atoms with van der Waals surface area (Å²) in [7, 11) is 1.91. The van der Waals surface area contributed by atoms with Crippen molar-refractivity contribution in [3.05, 3.63) is 18.1 Å². The number of piperidine rings is 1. The van der Waals surface area contributed by atoms with Gasteiger partial charge in [0, 0.05) is 44.9 Å². The van der Waals surface area contributed by atoms with Crippen LogP contribution in [-0.2, 0) is 11.8 Å². The van der Waals surface area contributed by atoms with Crippen LogP contribution in [0.2, 0.25) is 0 Å². The van der Waals surface area contributed by atoms with E-state index in [0.717, 1.165) is 49.2 Å². The Labute approximate surface area is 148 Å². The van der Waals surface area contributed by atoms with Crippen LogP contribution < -0.4 is 0 Å². The number of aryl methyl sites for hydroxylation is 1. The zero-order chi connectivity index (χ0) is 17.2. The van der Waals surface area contributed by atoms with Gasteiger partial charge in [-0.15, -0.1) is 0 Å². The van der Waals surface area contributed by atoms with Crippen LogP contribution in [0.25, 0.3) is 11.2 Å². The maximum Gasteiger partial charge on any atom is 0.222 e. The summed E-state index contributed by atoms with van der Waals surface area (Å²) in [5, 5.41) is 4.68. The summed E-state index contributed by atoms with van der Waals surface area (Å²) in [5.41, 5.74) is 2.71. The number of hydrogen-bond acceptors (Lipinski definition) is 4. The summed E-state index contributed by atoms with van der Waals surface area (Å²) < 4.78 is 1.81. The normalized spacial score (nSPS) is 22.4. The fourth-order valence-corrected chi connectivity index (χ4v) is 4.47. The molecule has 2 aromatic heterocycles. The Hall–Kier alpha value is -1.98. The van der Waals surface area contributed by atoms with Crippen molar-refractivity contribution in [2.24, 2.45) is 13.0 Å². The number of fused-ring (bicyclic) bond motifs is 1. The average Bonchev–Trinajstić information content (AvgIpc) is 3.00. The number of carbonyl (C=O) groups is 1. The summed E-state index contributed by atoms with van der Waals surface area (Å²) in [4.78, 5) is 23.7. The second-order valence-corrected chi connectivity index (χ2v) is 7.62. The first-order valence-corrected chi connectivity index (χ1v) is 9.64. The molecule has 0 spiro atoms. The molecule has 1 aliphatic heterocycles. The Kier molecular flexibility index (Phi) is 4.68. The van der Waals surface area contributed by atoms with E-state index in [1.807, 2.05) is 7.05 Å². The van der Waals surface area contributed by atoms with Gasteiger partial charge in [-0.3, -0.25) is 4.79 Å². The average molecular weight is 341 g/mol. The van der Waals surface area contributed by atoms with Crippen LogP contribution in [0.5, 0.6) is 0 Å². The molecule has 1 saturated carbocycles. The fourth-order valence-electron chi connectivity index (χ4n) is 4.47. The zero-order valence-electron chi connectivity index (χ0n) is 15.0. The molecule has 4 rings (SSSR count). The Morgan fingerprint density at radius 2 is 1.92 bits per heavy atom. The summed E-state index contributed by atoms with van der Waals surface area (Å²) in [5.74, 6) is 1.20. The molecule has 3 heterocycles. The highest BCUT2D eigenvalue weighted by atomic mass is 16.2. The third-order valence-electron chi connectivity index (χ3n) is 5.83. The van der Waals surface area contributed by atoms with E-state index in [4.69, 9.17) is 0 Å². The van der Waals surface area contributed by atoms with E-state index < -0.39 is 0 Å². The molecule has 1 saturated heterocycles. The van der Waals surface area contributed by atoms with E-state index in [0.29, 0.717) is 11.8 Å². The number of rotatable bonds is 3. The smallest absolute Gasteiger partial charge is 0.222 e. The highest BCUT2D eigenvalue weighted by Gasteiger charge is 2.30. The Morgan fingerprint density at radius 1 is 1.12 bits per heavy atom. The first kappa shape index (κ1) is 16.5. The predicted octanol–water partition coefficient (Wildman–Crippen LogP) is 3.04. The summed E-state index contributed by atoms with van der Waals surface area (Å²) in [6, 6.07) is 0. The molecule has 1 amide bonds. The molecule has 2 fully saturated rings. The molecule has 6 heteroatoms. The minimum Gasteiger partial charge on any atom is -0.342 e. The van der Waals surface area contributed by atoms with Crippen molar-refractivity contribution < 1.29 is 4.79 Å². The fraction of sp³-hybridized carbons (Fsp3) is 0.684. The van der Waals surface area contributed by atoms with Crippen molar-refractivity contribution >= 4 is 17.1 Å². The first-order chi connectivity index (χ1) is 12.2. The van der Waals surface area contributed by atoms with Crippen LogP contribution in [0.4, 0.5) is 0 Å². The van der Waals surface area contributed by atoms with Crippen LogP contribution >= 0.6 is 0 Å². The molecule has 0 unspecified atom stereocenters. The quantitative estimate of drug-likeness (QED) is 0.861. The van der Waals surface area contributed by atoms with Crippen LogP contribution in [0.3, 0.4) is 0 Å². The van der Waals surface area contributed by atoms with Crippen LogP contribution in [0.1, 0.15) is 63.0 Å². The molecule has 0 N–H and O–H groups in total. The van der Waals surface area contributed by atoms with Crippen molar-refractivity contribution in [1.82, 2.24) is 24.6 Å². The lowest BCUT2D eigenvalue weighted by Gasteiger charge is -2.33. The highest BCUT2D eigenvalue weighted by molar-refractivity contribution is 5.77. The second kappa shape index (κ2) is 7.10. The third kappa shape index (κ3) is 3.39. The van der Waals surface area contributed by atoms with Crippen molar-refractivity contribution in [2.75, 3.05) is 13.1 Å². The lowest BCUT2D eigenvalue weighted by Crippen LogP contribution is -2.40. The van der Waals surface area contributed by atoms with Gasteiger partial charge in [-0.1, -0.05) is 19.3 Å². The topological polar surface area (TPSA) is 63.9 Å². The molecular weight excluding hydrogens is 314 g/mol. The number of aromatic nitrogens is 4. The lowest BCUT2D eigenvalue weighted by molar-refractivity contribution is -0.133. The van der Waals surface area contributed by atoms with Crippen LogP contribution in [-0.4, -0.2) is 43.6 Å². The SMILES string of the molecule is Cn1nc([C@H]2CCCN(C(=O)CC3CCCCC3)C2)c2nccnc21. The van der Waals surface area contributed by atoms with Gasteiger partial charge in [0.2, 0.25) is 5.91 Å². The Bertz CT molecular complexity index is 749. The molecule has 2 aliphatic rings. The molecule has 6 nitrogen and oxygen atoms in total. The highest BCUT2D eigenvalue weighted by Crippen LogP contribution is 2.31. The van der Waals surface area contributed by atoms with Gasteiger partial charge in [0.25, 0.3) is 0 Å². The Balaban J connectivity index is 1.47. The van der Waals surface area contributed by atoms with Crippen molar-refractivity contribution in [3.8, 4) is 0 Å². The van der Waals surface area contributed by atoms with E-state index in [2.05, 4.69) is 20.0 Å². The summed E-state index contributed by atoms with van der Waals surface area (Å²) in [6.07, 6.45) is 12.6. The molecule has 25 heavy (non-hydrogen) atoms. The van der Waals surface area contributed by atoms with Gasteiger partial charge in [-0.25, -0.2) is 14.6 Å². The minimum atomic E-state index is 0.268. The van der Waals surface area contributed by atoms with Gasteiger partial charge >= 0.3 is 0 Å². The van der Waals surface area contributed by atoms with Gasteiger partial charge < -0.3 is 4.90 Å². The molecule has 0 aromatic carbocycles. The molecule has 134 valence electrons. The number of amides is 1. The van der Waals surface area contributed by atoms with Gasteiger partial charge in [0.1, 0.15) is 5.52 Å². The van der Waals surface area contributed by atoms with E-state index in [-0.39, 0.29) is 5.92 Å². The van der Waals surface area contributed by atoms with Gasteiger partial charge in [0.05, 0.1) is 5.69 Å². The van der Waals surface area contributed by atoms with E-state index in [9.17, 15) is 4.79 Å². The largest absolute Gasteiger partial charge is 0.342 e. The standard InChI is InChI=1S/C19H27N5O/c1-23-19-18(20-9-10-21-19)17(22-23)15-8-5-11-24(13-15)16(25)12-14-6-3-2-4-7-14/h9-10,14-15H,2-8,11-13H2,1H3/t15-/m0/s1. The van der Waals surface area contributed by atoms with E-state index in [1.54, 1.807) is 17.1 Å². The van der Waals surface area contributed by atoms with Gasteiger partial charge in [-0.05, 0) is 31.6 Å². The number of nitrogens with zero attached hydrogens (tertiary/aromatic N) is 5. The predicted molar refractivity (Wildman–Crippen MR) is 96.1 cm³/mol. The summed E-state index contributed by atoms with van der Waals surface area (Å²) >= 11 is 0. The van der Waals surface area contributed by atoms with Crippen molar-refractivity contribution in [3.63, 3.8) is 0 Å². The maximum atomic E-state index is 12.8. The second-order valence-electron chi connectivity index (χ2n) is 7.62. The van der Waals surface area contributed by atoms with E-state index in [1.165, 1.54) is 32.1 Å². The molecule has 0 bridgehead atoms. The number of likely N-dealkylation sites (tertiary alicyclic amines) is 1.